The Morgan fingerprint density at radius 1 is 1.22 bits per heavy atom. The summed E-state index contributed by atoms with van der Waals surface area (Å²) in [5.41, 5.74) is 1.28. The molecule has 1 aliphatic heterocycles. The van der Waals surface area contributed by atoms with Gasteiger partial charge in [0.05, 0.1) is 4.90 Å². The van der Waals surface area contributed by atoms with Crippen LogP contribution in [-0.4, -0.2) is 27.6 Å². The van der Waals surface area contributed by atoms with Gasteiger partial charge in [-0.2, -0.15) is 4.37 Å². The van der Waals surface area contributed by atoms with E-state index in [2.05, 4.69) is 45.0 Å². The van der Waals surface area contributed by atoms with Crippen molar-refractivity contribution in [2.75, 3.05) is 18.5 Å². The summed E-state index contributed by atoms with van der Waals surface area (Å²) in [6, 6.07) is 12.7. The number of nitrogens with zero attached hydrogens (tertiary/aromatic N) is 3. The summed E-state index contributed by atoms with van der Waals surface area (Å²) in [5.74, 6) is 2.28. The van der Waals surface area contributed by atoms with Crippen molar-refractivity contribution in [2.24, 2.45) is 5.92 Å². The number of benzene rings is 1. The molecule has 2 aromatic heterocycles. The summed E-state index contributed by atoms with van der Waals surface area (Å²) in [6.45, 7) is 3.64. The van der Waals surface area contributed by atoms with Crippen molar-refractivity contribution in [3.05, 3.63) is 54.0 Å². The van der Waals surface area contributed by atoms with Gasteiger partial charge in [0, 0.05) is 35.8 Å². The number of rotatable bonds is 6. The molecule has 0 radical (unpaired) electrons. The zero-order chi connectivity index (χ0) is 18.5. The molecule has 27 heavy (non-hydrogen) atoms. The Labute approximate surface area is 167 Å². The van der Waals surface area contributed by atoms with E-state index in [-0.39, 0.29) is 0 Å². The van der Waals surface area contributed by atoms with E-state index in [1.165, 1.54) is 22.0 Å². The maximum atomic E-state index is 5.49. The fourth-order valence-corrected chi connectivity index (χ4v) is 4.65. The minimum absolute atomic E-state index is 0.680. The van der Waals surface area contributed by atoms with Crippen molar-refractivity contribution in [3.63, 3.8) is 0 Å². The van der Waals surface area contributed by atoms with Crippen LogP contribution in [0.3, 0.4) is 0 Å². The molecule has 140 valence electrons. The van der Waals surface area contributed by atoms with Crippen LogP contribution in [0.5, 0.6) is 0 Å². The van der Waals surface area contributed by atoms with Crippen LogP contribution in [0.2, 0.25) is 0 Å². The van der Waals surface area contributed by atoms with Crippen LogP contribution in [0, 0.1) is 12.8 Å². The van der Waals surface area contributed by atoms with Crippen LogP contribution in [0.1, 0.15) is 24.2 Å². The third-order valence-electron chi connectivity index (χ3n) is 4.50. The molecule has 1 aromatic carbocycles. The van der Waals surface area contributed by atoms with Gasteiger partial charge in [0.25, 0.3) is 0 Å². The predicted molar refractivity (Wildman–Crippen MR) is 110 cm³/mol. The topological polar surface area (TPSA) is 59.9 Å². The van der Waals surface area contributed by atoms with E-state index in [1.807, 2.05) is 19.2 Å². The third kappa shape index (κ3) is 5.06. The molecule has 0 unspecified atom stereocenters. The van der Waals surface area contributed by atoms with E-state index < -0.39 is 0 Å². The molecule has 0 atom stereocenters. The molecule has 1 saturated heterocycles. The number of hydrogen-bond donors (Lipinski definition) is 1. The Hall–Kier alpha value is -1.96. The molecule has 4 rings (SSSR count). The average Bonchev–Trinajstić information content (AvgIpc) is 3.10. The normalized spacial score (nSPS) is 15.0. The van der Waals surface area contributed by atoms with Gasteiger partial charge in [-0.1, -0.05) is 30.0 Å². The molecule has 0 aliphatic carbocycles. The van der Waals surface area contributed by atoms with E-state index in [0.29, 0.717) is 5.92 Å². The van der Waals surface area contributed by atoms with Gasteiger partial charge in [0.1, 0.15) is 11.6 Å². The molecule has 5 nitrogen and oxygen atoms in total. The molecular weight excluding hydrogens is 376 g/mol. The van der Waals surface area contributed by atoms with E-state index in [4.69, 9.17) is 9.72 Å². The highest BCUT2D eigenvalue weighted by Gasteiger charge is 2.16. The summed E-state index contributed by atoms with van der Waals surface area (Å²) in [4.78, 5) is 11.4. The number of aryl methyl sites for hydroxylation is 1. The van der Waals surface area contributed by atoms with Gasteiger partial charge in [-0.15, -0.1) is 0 Å². The second kappa shape index (κ2) is 8.82. The first-order valence-electron chi connectivity index (χ1n) is 9.13. The maximum Gasteiger partial charge on any atom is 0.208 e. The van der Waals surface area contributed by atoms with E-state index in [1.54, 1.807) is 11.8 Å². The summed E-state index contributed by atoms with van der Waals surface area (Å²) >= 11 is 3.08. The highest BCUT2D eigenvalue weighted by molar-refractivity contribution is 7.99. The van der Waals surface area contributed by atoms with Gasteiger partial charge < -0.3 is 10.1 Å². The lowest BCUT2D eigenvalue weighted by Crippen LogP contribution is -2.17. The second-order valence-corrected chi connectivity index (χ2v) is 8.50. The largest absolute Gasteiger partial charge is 0.381 e. The van der Waals surface area contributed by atoms with Crippen molar-refractivity contribution in [3.8, 4) is 0 Å². The van der Waals surface area contributed by atoms with E-state index in [9.17, 15) is 0 Å². The molecule has 0 amide bonds. The monoisotopic (exact) mass is 398 g/mol. The highest BCUT2D eigenvalue weighted by atomic mass is 32.2. The van der Waals surface area contributed by atoms with Gasteiger partial charge >= 0.3 is 0 Å². The number of nitrogens with one attached hydrogen (secondary N) is 1. The lowest BCUT2D eigenvalue weighted by molar-refractivity contribution is 0.0665. The molecule has 3 heterocycles. The summed E-state index contributed by atoms with van der Waals surface area (Å²) in [6.07, 6.45) is 5.30. The lowest BCUT2D eigenvalue weighted by atomic mass is 9.93. The fraction of sp³-hybridized carbons (Fsp3) is 0.350. The van der Waals surface area contributed by atoms with Gasteiger partial charge in [0.2, 0.25) is 5.13 Å². The lowest BCUT2D eigenvalue weighted by Gasteiger charge is -2.22. The predicted octanol–water partition coefficient (Wildman–Crippen LogP) is 5.11. The second-order valence-electron chi connectivity index (χ2n) is 6.64. The standard InChI is InChI=1S/C20H22N4OS2/c1-14-22-20(27-24-14)23-19-18(26-17-5-3-2-4-6-17)12-16(13-21-19)11-15-7-9-25-10-8-15/h2-6,12-13,15H,7-11H2,1H3,(H,21,22,23,24). The third-order valence-corrected chi connectivity index (χ3v) is 6.26. The number of anilines is 2. The fourth-order valence-electron chi connectivity index (χ4n) is 3.12. The van der Waals surface area contributed by atoms with Gasteiger partial charge in [-0.3, -0.25) is 0 Å². The van der Waals surface area contributed by atoms with Crippen molar-refractivity contribution in [1.82, 2.24) is 14.3 Å². The average molecular weight is 399 g/mol. The van der Waals surface area contributed by atoms with Crippen LogP contribution < -0.4 is 5.32 Å². The molecular formula is C20H22N4OS2. The quantitative estimate of drug-likeness (QED) is 0.623. The summed E-state index contributed by atoms with van der Waals surface area (Å²) < 4.78 is 9.73. The number of aromatic nitrogens is 3. The van der Waals surface area contributed by atoms with Crippen molar-refractivity contribution < 1.29 is 4.74 Å². The molecule has 1 N–H and O–H groups in total. The first-order valence-corrected chi connectivity index (χ1v) is 10.7. The van der Waals surface area contributed by atoms with Crippen LogP contribution in [0.25, 0.3) is 0 Å². The first-order chi connectivity index (χ1) is 13.3. The van der Waals surface area contributed by atoms with Crippen LogP contribution in [0.15, 0.2) is 52.4 Å². The van der Waals surface area contributed by atoms with Crippen molar-refractivity contribution in [1.29, 1.82) is 0 Å². The van der Waals surface area contributed by atoms with Gasteiger partial charge in [0.15, 0.2) is 0 Å². The molecule has 3 aromatic rings. The molecule has 0 bridgehead atoms. The molecule has 1 aliphatic rings. The van der Waals surface area contributed by atoms with Crippen molar-refractivity contribution >= 4 is 34.2 Å². The Morgan fingerprint density at radius 3 is 2.78 bits per heavy atom. The smallest absolute Gasteiger partial charge is 0.208 e. The summed E-state index contributed by atoms with van der Waals surface area (Å²) in [5, 5.41) is 4.11. The van der Waals surface area contributed by atoms with Crippen LogP contribution in [0.4, 0.5) is 10.9 Å². The van der Waals surface area contributed by atoms with Gasteiger partial charge in [-0.05, 0) is 55.9 Å². The van der Waals surface area contributed by atoms with Crippen LogP contribution in [-0.2, 0) is 11.2 Å². The zero-order valence-electron chi connectivity index (χ0n) is 15.2. The molecule has 0 spiro atoms. The Balaban J connectivity index is 1.58. The van der Waals surface area contributed by atoms with Gasteiger partial charge in [-0.25, -0.2) is 9.97 Å². The Kier molecular flexibility index (Phi) is 6.01. The van der Waals surface area contributed by atoms with E-state index in [0.717, 1.165) is 54.1 Å². The Morgan fingerprint density at radius 2 is 2.04 bits per heavy atom. The first kappa shape index (κ1) is 18.4. The van der Waals surface area contributed by atoms with Crippen molar-refractivity contribution in [2.45, 2.75) is 36.0 Å². The Bertz CT molecular complexity index is 879. The zero-order valence-corrected chi connectivity index (χ0v) is 16.9. The minimum Gasteiger partial charge on any atom is -0.381 e. The molecule has 7 heteroatoms. The summed E-state index contributed by atoms with van der Waals surface area (Å²) in [7, 11) is 0. The highest BCUT2D eigenvalue weighted by Crippen LogP contribution is 2.35. The maximum absolute atomic E-state index is 5.49. The number of pyridine rings is 1. The number of hydrogen-bond acceptors (Lipinski definition) is 7. The molecule has 1 fully saturated rings. The number of ether oxygens (including phenoxy) is 1. The SMILES string of the molecule is Cc1nsc(Nc2ncc(CC3CCOCC3)cc2Sc2ccccc2)n1. The molecule has 0 saturated carbocycles. The van der Waals surface area contributed by atoms with E-state index >= 15 is 0 Å². The minimum atomic E-state index is 0.680. The van der Waals surface area contributed by atoms with Crippen LogP contribution >= 0.6 is 23.3 Å².